The highest BCUT2D eigenvalue weighted by Crippen LogP contribution is 2.43. The van der Waals surface area contributed by atoms with E-state index in [9.17, 15) is 14.7 Å². The second kappa shape index (κ2) is 4.94. The maximum Gasteiger partial charge on any atom is 0.264 e. The maximum atomic E-state index is 12.4. The fraction of sp³-hybridized carbons (Fsp3) is 0.429. The largest absolute Gasteiger partial charge is 0.375 e. The fourth-order valence-corrected chi connectivity index (χ4v) is 2.67. The molecule has 0 bridgehead atoms. The normalized spacial score (nSPS) is 21.7. The number of aliphatic hydroxyl groups is 1. The van der Waals surface area contributed by atoms with E-state index in [2.05, 4.69) is 0 Å². The van der Waals surface area contributed by atoms with Gasteiger partial charge in [0.2, 0.25) is 0 Å². The van der Waals surface area contributed by atoms with E-state index in [4.69, 9.17) is 11.6 Å². The molecule has 1 aliphatic rings. The summed E-state index contributed by atoms with van der Waals surface area (Å²) in [4.78, 5) is 25.3. The third-order valence-electron chi connectivity index (χ3n) is 3.25. The Kier molecular flexibility index (Phi) is 3.65. The number of benzene rings is 1. The molecule has 5 heteroatoms. The van der Waals surface area contributed by atoms with Crippen molar-refractivity contribution >= 4 is 29.0 Å². The number of carbonyl (C=O) groups is 2. The van der Waals surface area contributed by atoms with Gasteiger partial charge in [0, 0.05) is 23.6 Å². The van der Waals surface area contributed by atoms with E-state index in [1.54, 1.807) is 18.2 Å². The molecule has 1 amide bonds. The van der Waals surface area contributed by atoms with Crippen molar-refractivity contribution in [2.75, 3.05) is 11.4 Å². The van der Waals surface area contributed by atoms with Crippen molar-refractivity contribution in [3.05, 3.63) is 28.8 Å². The summed E-state index contributed by atoms with van der Waals surface area (Å²) in [6.45, 7) is 3.82. The molecule has 4 nitrogen and oxygen atoms in total. The first-order valence-corrected chi connectivity index (χ1v) is 6.61. The van der Waals surface area contributed by atoms with Crippen molar-refractivity contribution in [2.45, 2.75) is 32.3 Å². The first kappa shape index (κ1) is 14.0. The van der Waals surface area contributed by atoms with E-state index in [-0.39, 0.29) is 12.2 Å². The van der Waals surface area contributed by atoms with Crippen LogP contribution in [-0.2, 0) is 15.2 Å². The molecular formula is C14H16ClNO3. The summed E-state index contributed by atoms with van der Waals surface area (Å²) in [5, 5.41) is 11.1. The molecule has 1 aliphatic heterocycles. The van der Waals surface area contributed by atoms with E-state index in [0.717, 1.165) is 6.42 Å². The van der Waals surface area contributed by atoms with Crippen molar-refractivity contribution in [1.82, 2.24) is 0 Å². The molecule has 19 heavy (non-hydrogen) atoms. The third-order valence-corrected chi connectivity index (χ3v) is 3.48. The number of halogens is 1. The van der Waals surface area contributed by atoms with Crippen LogP contribution < -0.4 is 4.90 Å². The fourth-order valence-electron chi connectivity index (χ4n) is 2.50. The Hall–Kier alpha value is -1.39. The first-order chi connectivity index (χ1) is 8.90. The lowest BCUT2D eigenvalue weighted by Crippen LogP contribution is -2.41. The van der Waals surface area contributed by atoms with Crippen LogP contribution in [0, 0.1) is 0 Å². The average Bonchev–Trinajstić information content (AvgIpc) is 2.51. The van der Waals surface area contributed by atoms with Gasteiger partial charge in [-0.25, -0.2) is 0 Å². The first-order valence-electron chi connectivity index (χ1n) is 6.24. The average molecular weight is 282 g/mol. The second-order valence-corrected chi connectivity index (χ2v) is 5.29. The number of anilines is 1. The molecule has 0 aromatic heterocycles. The minimum absolute atomic E-state index is 0.223. The summed E-state index contributed by atoms with van der Waals surface area (Å²) in [7, 11) is 0. The molecule has 0 saturated carbocycles. The molecule has 0 fully saturated rings. The molecule has 0 radical (unpaired) electrons. The minimum atomic E-state index is -1.78. The van der Waals surface area contributed by atoms with Gasteiger partial charge in [-0.3, -0.25) is 9.59 Å². The van der Waals surface area contributed by atoms with Crippen LogP contribution in [0.4, 0.5) is 5.69 Å². The van der Waals surface area contributed by atoms with Crippen molar-refractivity contribution in [2.24, 2.45) is 0 Å². The van der Waals surface area contributed by atoms with Crippen LogP contribution in [0.2, 0.25) is 5.02 Å². The molecule has 1 unspecified atom stereocenters. The Morgan fingerprint density at radius 2 is 2.16 bits per heavy atom. The summed E-state index contributed by atoms with van der Waals surface area (Å²) in [5.74, 6) is -0.679. The topological polar surface area (TPSA) is 57.6 Å². The van der Waals surface area contributed by atoms with Crippen LogP contribution in [0.5, 0.6) is 0 Å². The molecule has 1 aromatic rings. The van der Waals surface area contributed by atoms with Crippen molar-refractivity contribution in [1.29, 1.82) is 0 Å². The predicted octanol–water partition coefficient (Wildman–Crippen LogP) is 2.26. The number of hydrogen-bond donors (Lipinski definition) is 1. The Labute approximate surface area is 117 Å². The number of hydrogen-bond acceptors (Lipinski definition) is 3. The number of rotatable bonds is 4. The van der Waals surface area contributed by atoms with E-state index in [1.807, 2.05) is 6.92 Å². The summed E-state index contributed by atoms with van der Waals surface area (Å²) in [6.07, 6.45) is 0.545. The van der Waals surface area contributed by atoms with Gasteiger partial charge < -0.3 is 10.0 Å². The zero-order chi connectivity index (χ0) is 14.2. The van der Waals surface area contributed by atoms with Crippen LogP contribution >= 0.6 is 11.6 Å². The highest BCUT2D eigenvalue weighted by Gasteiger charge is 2.50. The molecule has 1 atom stereocenters. The SMILES string of the molecule is CCCN1C(=O)C(O)(CC(C)=O)c2cc(Cl)ccc21. The van der Waals surface area contributed by atoms with Crippen LogP contribution in [0.3, 0.4) is 0 Å². The minimum Gasteiger partial charge on any atom is -0.375 e. The van der Waals surface area contributed by atoms with Crippen molar-refractivity contribution in [3.8, 4) is 0 Å². The van der Waals surface area contributed by atoms with Crippen LogP contribution in [0.25, 0.3) is 0 Å². The quantitative estimate of drug-likeness (QED) is 0.921. The summed E-state index contributed by atoms with van der Waals surface area (Å²) >= 11 is 5.93. The summed E-state index contributed by atoms with van der Waals surface area (Å²) < 4.78 is 0. The molecule has 1 heterocycles. The molecule has 1 aromatic carbocycles. The molecule has 0 aliphatic carbocycles. The van der Waals surface area contributed by atoms with Gasteiger partial charge >= 0.3 is 0 Å². The van der Waals surface area contributed by atoms with Gasteiger partial charge in [-0.1, -0.05) is 18.5 Å². The Balaban J connectivity index is 2.56. The lowest BCUT2D eigenvalue weighted by atomic mass is 9.90. The number of amides is 1. The van der Waals surface area contributed by atoms with Gasteiger partial charge in [0.1, 0.15) is 5.78 Å². The number of ketones is 1. The highest BCUT2D eigenvalue weighted by molar-refractivity contribution is 6.31. The smallest absolute Gasteiger partial charge is 0.264 e. The monoisotopic (exact) mass is 281 g/mol. The number of fused-ring (bicyclic) bond motifs is 1. The van der Waals surface area contributed by atoms with Crippen LogP contribution in [0.1, 0.15) is 32.3 Å². The maximum absolute atomic E-state index is 12.4. The van der Waals surface area contributed by atoms with Crippen LogP contribution in [-0.4, -0.2) is 23.3 Å². The molecule has 1 N–H and O–H groups in total. The molecule has 102 valence electrons. The molecular weight excluding hydrogens is 266 g/mol. The zero-order valence-electron chi connectivity index (χ0n) is 10.9. The van der Waals surface area contributed by atoms with E-state index < -0.39 is 11.5 Å². The van der Waals surface area contributed by atoms with Gasteiger partial charge in [0.15, 0.2) is 5.60 Å². The molecule has 0 saturated heterocycles. The van der Waals surface area contributed by atoms with Gasteiger partial charge in [0.05, 0.1) is 5.69 Å². The highest BCUT2D eigenvalue weighted by atomic mass is 35.5. The van der Waals surface area contributed by atoms with Crippen molar-refractivity contribution < 1.29 is 14.7 Å². The van der Waals surface area contributed by atoms with Gasteiger partial charge in [-0.15, -0.1) is 0 Å². The Morgan fingerprint density at radius 3 is 2.74 bits per heavy atom. The summed E-state index contributed by atoms with van der Waals surface area (Å²) in [5.41, 5.74) is -0.713. The zero-order valence-corrected chi connectivity index (χ0v) is 11.7. The second-order valence-electron chi connectivity index (χ2n) is 4.86. The van der Waals surface area contributed by atoms with Crippen molar-refractivity contribution in [3.63, 3.8) is 0 Å². The van der Waals surface area contributed by atoms with E-state index in [0.29, 0.717) is 22.8 Å². The van der Waals surface area contributed by atoms with E-state index in [1.165, 1.54) is 11.8 Å². The van der Waals surface area contributed by atoms with E-state index >= 15 is 0 Å². The predicted molar refractivity (Wildman–Crippen MR) is 73.3 cm³/mol. The third kappa shape index (κ3) is 2.26. The molecule has 2 rings (SSSR count). The lowest BCUT2D eigenvalue weighted by Gasteiger charge is -2.21. The number of carbonyl (C=O) groups excluding carboxylic acids is 2. The van der Waals surface area contributed by atoms with Crippen LogP contribution in [0.15, 0.2) is 18.2 Å². The number of nitrogens with zero attached hydrogens (tertiary/aromatic N) is 1. The van der Waals surface area contributed by atoms with Gasteiger partial charge in [-0.05, 0) is 31.5 Å². The van der Waals surface area contributed by atoms with Gasteiger partial charge in [0.25, 0.3) is 5.91 Å². The Morgan fingerprint density at radius 1 is 1.47 bits per heavy atom. The Bertz CT molecular complexity index is 543. The number of Topliss-reactive ketones (excluding diaryl/α,β-unsaturated/α-hetero) is 1. The standard InChI is InChI=1S/C14H16ClNO3/c1-3-6-16-12-5-4-10(15)7-11(12)14(19,13(16)18)8-9(2)17/h4-5,7,19H,3,6,8H2,1-2H3. The lowest BCUT2D eigenvalue weighted by molar-refractivity contribution is -0.141. The summed E-state index contributed by atoms with van der Waals surface area (Å²) in [6, 6.07) is 4.95. The molecule has 0 spiro atoms. The van der Waals surface area contributed by atoms with Gasteiger partial charge in [-0.2, -0.15) is 0 Å².